The summed E-state index contributed by atoms with van der Waals surface area (Å²) in [6, 6.07) is 6.82. The Kier molecular flexibility index (Phi) is 13.0. The van der Waals surface area contributed by atoms with Gasteiger partial charge in [-0.1, -0.05) is 94.2 Å². The van der Waals surface area contributed by atoms with Gasteiger partial charge in [-0.2, -0.15) is 26.3 Å². The van der Waals surface area contributed by atoms with Gasteiger partial charge < -0.3 is 14.7 Å². The molecule has 1 amide bonds. The van der Waals surface area contributed by atoms with Crippen LogP contribution in [0.4, 0.5) is 26.3 Å². The molecule has 5 rings (SSSR count). The molecule has 2 aromatic carbocycles. The van der Waals surface area contributed by atoms with Crippen LogP contribution < -0.4 is 0 Å². The van der Waals surface area contributed by atoms with Crippen LogP contribution in [0.1, 0.15) is 84.7 Å². The lowest BCUT2D eigenvalue weighted by atomic mass is 9.70. The highest BCUT2D eigenvalue weighted by atomic mass is 35.6. The summed E-state index contributed by atoms with van der Waals surface area (Å²) in [6.07, 6.45) is -3.16. The number of hydrogen-bond donors (Lipinski definition) is 0. The Balaban J connectivity index is 1.42. The van der Waals surface area contributed by atoms with E-state index in [1.165, 1.54) is 24.2 Å². The molecule has 1 atom stereocenters. The maximum absolute atomic E-state index is 13.7. The van der Waals surface area contributed by atoms with E-state index in [9.17, 15) is 31.1 Å². The average Bonchev–Trinajstić information content (AvgIpc) is 3.06. The molecule has 3 saturated heterocycles. The zero-order valence-electron chi connectivity index (χ0n) is 27.6. The summed E-state index contributed by atoms with van der Waals surface area (Å²) in [7, 11) is 0. The highest BCUT2D eigenvalue weighted by Crippen LogP contribution is 2.50. The molecule has 0 aromatic heterocycles. The summed E-state index contributed by atoms with van der Waals surface area (Å²) < 4.78 is 77.5. The van der Waals surface area contributed by atoms with E-state index in [0.717, 1.165) is 44.6 Å². The van der Waals surface area contributed by atoms with Gasteiger partial charge in [0.25, 0.3) is 0 Å². The number of amides is 1. The number of benzene rings is 2. The SMILES string of the molecule is O=C(Cc1cc(C(F)(F)F)cc(C(F)(F)F)c1)N1CCC[C@](CCN2CCC(N3CCCCC3)CC2)(c2ccc(C(Cl)(Cl)Cl)c(C(Cl)(Cl)Cl)c2)C1. The fourth-order valence-electron chi connectivity index (χ4n) is 7.86. The van der Waals surface area contributed by atoms with Gasteiger partial charge >= 0.3 is 12.4 Å². The number of hydrogen-bond acceptors (Lipinski definition) is 3. The minimum Gasteiger partial charge on any atom is -0.342 e. The van der Waals surface area contributed by atoms with Crippen molar-refractivity contribution in [2.45, 2.75) is 89.2 Å². The number of likely N-dealkylation sites (tertiary alicyclic amines) is 3. The molecule has 0 unspecified atom stereocenters. The van der Waals surface area contributed by atoms with Crippen molar-refractivity contribution in [3.05, 3.63) is 69.8 Å². The van der Waals surface area contributed by atoms with Crippen molar-refractivity contribution in [3.63, 3.8) is 0 Å². The van der Waals surface area contributed by atoms with Crippen molar-refractivity contribution in [2.24, 2.45) is 0 Å². The molecular formula is C35H39Cl6F6N3O. The van der Waals surface area contributed by atoms with E-state index in [1.807, 2.05) is 0 Å². The molecule has 0 radical (unpaired) electrons. The number of piperidine rings is 3. The van der Waals surface area contributed by atoms with Gasteiger partial charge in [0.2, 0.25) is 13.5 Å². The molecule has 0 spiro atoms. The van der Waals surface area contributed by atoms with Crippen molar-refractivity contribution in [3.8, 4) is 0 Å². The van der Waals surface area contributed by atoms with E-state index < -0.39 is 48.8 Å². The van der Waals surface area contributed by atoms with Crippen LogP contribution in [0.15, 0.2) is 36.4 Å². The molecule has 3 heterocycles. The molecule has 16 heteroatoms. The summed E-state index contributed by atoms with van der Waals surface area (Å²) >= 11 is 37.9. The number of carbonyl (C=O) groups is 1. The maximum atomic E-state index is 13.7. The summed E-state index contributed by atoms with van der Waals surface area (Å²) in [6.45, 7) is 5.18. The molecule has 3 fully saturated rings. The van der Waals surface area contributed by atoms with Crippen LogP contribution in [0.25, 0.3) is 0 Å². The second-order valence-electron chi connectivity index (χ2n) is 14.0. The molecule has 284 valence electrons. The highest BCUT2D eigenvalue weighted by molar-refractivity contribution is 6.69. The minimum absolute atomic E-state index is 0.0539. The van der Waals surface area contributed by atoms with Crippen LogP contribution in [-0.2, 0) is 36.6 Å². The normalized spacial score (nSPS) is 22.4. The minimum atomic E-state index is -5.03. The Morgan fingerprint density at radius 2 is 1.31 bits per heavy atom. The number of carbonyl (C=O) groups excluding carboxylic acids is 1. The van der Waals surface area contributed by atoms with Crippen molar-refractivity contribution in [1.29, 1.82) is 0 Å². The third-order valence-corrected chi connectivity index (χ3v) is 11.8. The van der Waals surface area contributed by atoms with Crippen molar-refractivity contribution >= 4 is 75.5 Å². The predicted octanol–water partition coefficient (Wildman–Crippen LogP) is 10.8. The summed E-state index contributed by atoms with van der Waals surface area (Å²) in [5, 5.41) is 0. The first kappa shape index (κ1) is 41.3. The number of nitrogens with zero attached hydrogens (tertiary/aromatic N) is 3. The van der Waals surface area contributed by atoms with Crippen LogP contribution in [0.5, 0.6) is 0 Å². The Labute approximate surface area is 324 Å². The van der Waals surface area contributed by atoms with Gasteiger partial charge in [-0.05, 0) is 107 Å². The molecule has 3 aliphatic rings. The summed E-state index contributed by atoms with van der Waals surface area (Å²) in [5.41, 5.74) is -2.98. The first-order valence-electron chi connectivity index (χ1n) is 17.0. The van der Waals surface area contributed by atoms with E-state index in [2.05, 4.69) is 9.80 Å². The molecule has 3 aliphatic heterocycles. The molecule has 2 aromatic rings. The fourth-order valence-corrected chi connectivity index (χ4v) is 8.82. The van der Waals surface area contributed by atoms with Crippen molar-refractivity contribution < 1.29 is 31.1 Å². The third-order valence-electron chi connectivity index (χ3n) is 10.5. The first-order valence-corrected chi connectivity index (χ1v) is 19.2. The molecular weight excluding hydrogens is 805 g/mol. The monoisotopic (exact) mass is 841 g/mol. The Bertz CT molecular complexity index is 1500. The summed E-state index contributed by atoms with van der Waals surface area (Å²) in [5.74, 6) is -0.589. The van der Waals surface area contributed by atoms with Crippen LogP contribution in [0.3, 0.4) is 0 Å². The van der Waals surface area contributed by atoms with E-state index >= 15 is 0 Å². The van der Waals surface area contributed by atoms with E-state index in [-0.39, 0.29) is 35.8 Å². The lowest BCUT2D eigenvalue weighted by molar-refractivity contribution is -0.143. The van der Waals surface area contributed by atoms with Crippen molar-refractivity contribution in [2.75, 3.05) is 45.8 Å². The molecule has 0 aliphatic carbocycles. The topological polar surface area (TPSA) is 26.8 Å². The van der Waals surface area contributed by atoms with Gasteiger partial charge in [0, 0.05) is 35.7 Å². The van der Waals surface area contributed by atoms with E-state index in [1.54, 1.807) is 18.2 Å². The largest absolute Gasteiger partial charge is 0.416 e. The Morgan fingerprint density at radius 3 is 1.86 bits per heavy atom. The summed E-state index contributed by atoms with van der Waals surface area (Å²) in [4.78, 5) is 20.3. The number of rotatable bonds is 7. The van der Waals surface area contributed by atoms with Gasteiger partial charge in [0.05, 0.1) is 17.5 Å². The van der Waals surface area contributed by atoms with Gasteiger partial charge in [-0.25, -0.2) is 0 Å². The van der Waals surface area contributed by atoms with Gasteiger partial charge in [-0.3, -0.25) is 4.79 Å². The zero-order chi connectivity index (χ0) is 37.4. The fraction of sp³-hybridized carbons (Fsp3) is 0.629. The number of alkyl halides is 12. The molecule has 0 bridgehead atoms. The Morgan fingerprint density at radius 1 is 0.725 bits per heavy atom. The lowest BCUT2D eigenvalue weighted by Crippen LogP contribution is -2.51. The molecule has 0 N–H and O–H groups in total. The van der Waals surface area contributed by atoms with Crippen LogP contribution in [0.2, 0.25) is 0 Å². The molecule has 0 saturated carbocycles. The predicted molar refractivity (Wildman–Crippen MR) is 192 cm³/mol. The van der Waals surface area contributed by atoms with Gasteiger partial charge in [0.1, 0.15) is 0 Å². The zero-order valence-corrected chi connectivity index (χ0v) is 32.2. The smallest absolute Gasteiger partial charge is 0.342 e. The van der Waals surface area contributed by atoms with Crippen LogP contribution in [0, 0.1) is 0 Å². The third kappa shape index (κ3) is 10.5. The average molecular weight is 844 g/mol. The first-order chi connectivity index (χ1) is 23.7. The van der Waals surface area contributed by atoms with Crippen molar-refractivity contribution in [1.82, 2.24) is 14.7 Å². The lowest BCUT2D eigenvalue weighted by Gasteiger charge is -2.46. The Hall–Kier alpha value is -0.850. The quantitative estimate of drug-likeness (QED) is 0.205. The molecule has 51 heavy (non-hydrogen) atoms. The highest BCUT2D eigenvalue weighted by Gasteiger charge is 2.43. The molecule has 4 nitrogen and oxygen atoms in total. The van der Waals surface area contributed by atoms with Gasteiger partial charge in [0.15, 0.2) is 0 Å². The number of halogens is 12. The second-order valence-corrected chi connectivity index (χ2v) is 18.5. The maximum Gasteiger partial charge on any atom is 0.416 e. The van der Waals surface area contributed by atoms with E-state index in [0.29, 0.717) is 44.0 Å². The van der Waals surface area contributed by atoms with Crippen LogP contribution >= 0.6 is 69.6 Å². The van der Waals surface area contributed by atoms with Gasteiger partial charge in [-0.15, -0.1) is 0 Å². The van der Waals surface area contributed by atoms with Crippen LogP contribution in [-0.4, -0.2) is 72.5 Å². The second kappa shape index (κ2) is 16.1. The standard InChI is InChI=1S/C35H39Cl6F6N3O/c36-32(37,38)28-6-5-24(21-29(28)33(39,40)41)31(10-16-48-14-7-27(8-15-48)49-11-2-1-3-12-49)9-4-13-50(22-31)30(51)19-23-17-25(34(42,43)44)20-26(18-23)35(45,46)47/h5-6,17-18,20-21,27H,1-4,7-16,19,22H2/t31-/m1/s1. The van der Waals surface area contributed by atoms with E-state index in [4.69, 9.17) is 69.6 Å².